The SMILES string of the molecule is COc1ccc(S(=O)(=O)Oc2ccc(/C=N\NC(=O)c3cccc4ccccc34)cc2Br)cc1. The predicted octanol–water partition coefficient (Wildman–Crippen LogP) is 5.14. The van der Waals surface area contributed by atoms with Gasteiger partial charge in [-0.05, 0) is 80.8 Å². The first-order chi connectivity index (χ1) is 16.4. The van der Waals surface area contributed by atoms with Crippen LogP contribution in [-0.2, 0) is 10.1 Å². The van der Waals surface area contributed by atoms with E-state index in [1.807, 2.05) is 36.4 Å². The van der Waals surface area contributed by atoms with E-state index < -0.39 is 10.1 Å². The van der Waals surface area contributed by atoms with Gasteiger partial charge in [-0.1, -0.05) is 36.4 Å². The Morgan fingerprint density at radius 1 is 0.971 bits per heavy atom. The first-order valence-corrected chi connectivity index (χ1v) is 12.3. The molecule has 4 aromatic carbocycles. The fourth-order valence-corrected chi connectivity index (χ4v) is 4.75. The van der Waals surface area contributed by atoms with Gasteiger partial charge in [0.15, 0.2) is 5.75 Å². The van der Waals surface area contributed by atoms with Gasteiger partial charge in [-0.25, -0.2) is 5.43 Å². The summed E-state index contributed by atoms with van der Waals surface area (Å²) in [6, 6.07) is 23.7. The second kappa shape index (κ2) is 10.1. The molecule has 172 valence electrons. The molecule has 0 bridgehead atoms. The maximum absolute atomic E-state index is 12.6. The standard InChI is InChI=1S/C25H19BrN2O5S/c1-32-19-10-12-20(13-11-19)34(30,31)33-24-14-9-17(15-23(24)26)16-27-28-25(29)22-8-4-6-18-5-2-3-7-21(18)22/h2-16H,1H3,(H,28,29)/b27-16-. The maximum Gasteiger partial charge on any atom is 0.339 e. The fraction of sp³-hybridized carbons (Fsp3) is 0.0400. The third-order valence-electron chi connectivity index (χ3n) is 4.92. The molecule has 1 N–H and O–H groups in total. The van der Waals surface area contributed by atoms with E-state index in [1.165, 1.54) is 43.7 Å². The summed E-state index contributed by atoms with van der Waals surface area (Å²) < 4.78 is 35.8. The number of hydrogen-bond acceptors (Lipinski definition) is 6. The second-order valence-corrected chi connectivity index (χ2v) is 9.53. The van der Waals surface area contributed by atoms with Gasteiger partial charge in [0.2, 0.25) is 0 Å². The zero-order valence-electron chi connectivity index (χ0n) is 17.9. The van der Waals surface area contributed by atoms with E-state index in [2.05, 4.69) is 26.5 Å². The average molecular weight is 539 g/mol. The number of hydrazone groups is 1. The molecule has 9 heteroatoms. The Morgan fingerprint density at radius 3 is 2.44 bits per heavy atom. The molecule has 0 saturated carbocycles. The third-order valence-corrected chi connectivity index (χ3v) is 6.79. The van der Waals surface area contributed by atoms with Crippen molar-refractivity contribution in [1.29, 1.82) is 0 Å². The van der Waals surface area contributed by atoms with E-state index >= 15 is 0 Å². The van der Waals surface area contributed by atoms with E-state index in [9.17, 15) is 13.2 Å². The van der Waals surface area contributed by atoms with Crippen LogP contribution in [0.4, 0.5) is 0 Å². The van der Waals surface area contributed by atoms with Crippen LogP contribution in [0, 0.1) is 0 Å². The summed E-state index contributed by atoms with van der Waals surface area (Å²) >= 11 is 3.32. The van der Waals surface area contributed by atoms with Gasteiger partial charge in [0.05, 0.1) is 17.8 Å². The fourth-order valence-electron chi connectivity index (χ4n) is 3.22. The lowest BCUT2D eigenvalue weighted by atomic mass is 10.0. The summed E-state index contributed by atoms with van der Waals surface area (Å²) in [6.45, 7) is 0. The first-order valence-electron chi connectivity index (χ1n) is 10.1. The van der Waals surface area contributed by atoms with E-state index in [-0.39, 0.29) is 16.6 Å². The lowest BCUT2D eigenvalue weighted by molar-refractivity contribution is 0.0956. The summed E-state index contributed by atoms with van der Waals surface area (Å²) in [5.74, 6) is 0.321. The number of methoxy groups -OCH3 is 1. The van der Waals surface area contributed by atoms with Crippen molar-refractivity contribution in [1.82, 2.24) is 5.43 Å². The van der Waals surface area contributed by atoms with E-state index in [0.717, 1.165) is 10.8 Å². The number of benzene rings is 4. The van der Waals surface area contributed by atoms with Crippen LogP contribution in [0.5, 0.6) is 11.5 Å². The van der Waals surface area contributed by atoms with Crippen molar-refractivity contribution < 1.29 is 22.1 Å². The van der Waals surface area contributed by atoms with Crippen molar-refractivity contribution in [3.05, 3.63) is 101 Å². The van der Waals surface area contributed by atoms with Crippen LogP contribution in [0.3, 0.4) is 0 Å². The van der Waals surface area contributed by atoms with Gasteiger partial charge < -0.3 is 8.92 Å². The van der Waals surface area contributed by atoms with Crippen LogP contribution in [0.1, 0.15) is 15.9 Å². The van der Waals surface area contributed by atoms with Crippen molar-refractivity contribution in [2.45, 2.75) is 4.90 Å². The molecule has 4 rings (SSSR count). The summed E-state index contributed by atoms with van der Waals surface area (Å²) in [4.78, 5) is 12.6. The van der Waals surface area contributed by atoms with Crippen molar-refractivity contribution in [2.75, 3.05) is 7.11 Å². The Hall–Kier alpha value is -3.69. The van der Waals surface area contributed by atoms with Crippen LogP contribution in [0.25, 0.3) is 10.8 Å². The number of rotatable bonds is 7. The highest BCUT2D eigenvalue weighted by molar-refractivity contribution is 9.10. The minimum atomic E-state index is -4.03. The smallest absolute Gasteiger partial charge is 0.339 e. The molecule has 0 aliphatic heterocycles. The van der Waals surface area contributed by atoms with E-state index in [4.69, 9.17) is 8.92 Å². The summed E-state index contributed by atoms with van der Waals surface area (Å²) in [6.07, 6.45) is 1.45. The van der Waals surface area contributed by atoms with Gasteiger partial charge in [-0.15, -0.1) is 0 Å². The Kier molecular flexibility index (Phi) is 6.95. The molecule has 7 nitrogen and oxygen atoms in total. The molecular formula is C25H19BrN2O5S. The highest BCUT2D eigenvalue weighted by atomic mass is 79.9. The number of hydrogen-bond donors (Lipinski definition) is 1. The molecule has 1 amide bonds. The highest BCUT2D eigenvalue weighted by Crippen LogP contribution is 2.29. The number of amides is 1. The molecule has 0 aliphatic rings. The van der Waals surface area contributed by atoms with Gasteiger partial charge in [0.1, 0.15) is 10.6 Å². The zero-order valence-corrected chi connectivity index (χ0v) is 20.3. The molecule has 0 unspecified atom stereocenters. The van der Waals surface area contributed by atoms with Crippen LogP contribution in [0.15, 0.2) is 99.4 Å². The second-order valence-electron chi connectivity index (χ2n) is 7.13. The molecule has 0 atom stereocenters. The number of fused-ring (bicyclic) bond motifs is 1. The number of nitrogens with one attached hydrogen (secondary N) is 1. The first kappa shape index (κ1) is 23.5. The predicted molar refractivity (Wildman–Crippen MR) is 134 cm³/mol. The van der Waals surface area contributed by atoms with Crippen molar-refractivity contribution in [2.24, 2.45) is 5.10 Å². The van der Waals surface area contributed by atoms with Crippen LogP contribution >= 0.6 is 15.9 Å². The summed E-state index contributed by atoms with van der Waals surface area (Å²) in [5, 5.41) is 5.81. The van der Waals surface area contributed by atoms with Crippen molar-refractivity contribution >= 4 is 48.9 Å². The molecule has 0 radical (unpaired) electrons. The normalized spacial score (nSPS) is 11.5. The van der Waals surface area contributed by atoms with Gasteiger partial charge >= 0.3 is 10.1 Å². The quantitative estimate of drug-likeness (QED) is 0.199. The number of nitrogens with zero attached hydrogens (tertiary/aromatic N) is 1. The Labute approximate surface area is 205 Å². The van der Waals surface area contributed by atoms with Gasteiger partial charge in [-0.3, -0.25) is 4.79 Å². The minimum absolute atomic E-state index is 0.00184. The highest BCUT2D eigenvalue weighted by Gasteiger charge is 2.18. The number of carbonyl (C=O) groups excluding carboxylic acids is 1. The molecule has 0 spiro atoms. The number of ether oxygens (including phenoxy) is 1. The van der Waals surface area contributed by atoms with Gasteiger partial charge in [0.25, 0.3) is 5.91 Å². The summed E-state index contributed by atoms with van der Waals surface area (Å²) in [5.41, 5.74) is 3.66. The largest absolute Gasteiger partial charge is 0.497 e. The Bertz CT molecular complexity index is 1480. The van der Waals surface area contributed by atoms with Crippen LogP contribution < -0.4 is 14.3 Å². The Morgan fingerprint density at radius 2 is 1.71 bits per heavy atom. The molecule has 0 saturated heterocycles. The maximum atomic E-state index is 12.6. The van der Waals surface area contributed by atoms with Crippen molar-refractivity contribution in [3.63, 3.8) is 0 Å². The molecule has 0 aliphatic carbocycles. The molecule has 4 aromatic rings. The molecular weight excluding hydrogens is 520 g/mol. The van der Waals surface area contributed by atoms with Crippen molar-refractivity contribution in [3.8, 4) is 11.5 Å². The topological polar surface area (TPSA) is 94.1 Å². The molecule has 34 heavy (non-hydrogen) atoms. The lowest BCUT2D eigenvalue weighted by Crippen LogP contribution is -2.17. The number of halogens is 1. The van der Waals surface area contributed by atoms with E-state index in [1.54, 1.807) is 18.2 Å². The van der Waals surface area contributed by atoms with Crippen LogP contribution in [0.2, 0.25) is 0 Å². The Balaban J connectivity index is 1.45. The van der Waals surface area contributed by atoms with Gasteiger partial charge in [-0.2, -0.15) is 13.5 Å². The van der Waals surface area contributed by atoms with Gasteiger partial charge in [0, 0.05) is 5.56 Å². The lowest BCUT2D eigenvalue weighted by Gasteiger charge is -2.09. The third kappa shape index (κ3) is 5.27. The molecule has 0 heterocycles. The molecule has 0 aromatic heterocycles. The summed E-state index contributed by atoms with van der Waals surface area (Å²) in [7, 11) is -2.53. The minimum Gasteiger partial charge on any atom is -0.497 e. The molecule has 0 fully saturated rings. The average Bonchev–Trinajstić information content (AvgIpc) is 2.85. The van der Waals surface area contributed by atoms with Crippen LogP contribution in [-0.4, -0.2) is 27.6 Å². The number of carbonyl (C=O) groups is 1. The zero-order chi connectivity index (χ0) is 24.1. The monoisotopic (exact) mass is 538 g/mol. The van der Waals surface area contributed by atoms with E-state index in [0.29, 0.717) is 21.3 Å².